The van der Waals surface area contributed by atoms with Crippen molar-refractivity contribution in [2.24, 2.45) is 0 Å². The number of hydrogen-bond acceptors (Lipinski definition) is 4. The maximum absolute atomic E-state index is 13.0. The smallest absolute Gasteiger partial charge is 0.245 e. The van der Waals surface area contributed by atoms with Crippen molar-refractivity contribution in [3.63, 3.8) is 0 Å². The topological polar surface area (TPSA) is 83.6 Å². The second-order valence-electron chi connectivity index (χ2n) is 7.14. The third-order valence-electron chi connectivity index (χ3n) is 4.65. The highest BCUT2D eigenvalue weighted by molar-refractivity contribution is 9.10. The molecule has 3 aromatic carbocycles. The number of halogens is 2. The van der Waals surface area contributed by atoms with Crippen molar-refractivity contribution >= 4 is 60.6 Å². The molecule has 0 aliphatic carbocycles. The molecule has 0 spiro atoms. The summed E-state index contributed by atoms with van der Waals surface area (Å²) in [6, 6.07) is 18.1. The number of anilines is 2. The molecule has 0 saturated carbocycles. The van der Waals surface area contributed by atoms with Gasteiger partial charge in [0.25, 0.3) is 0 Å². The van der Waals surface area contributed by atoms with E-state index < -0.39 is 22.5 Å². The van der Waals surface area contributed by atoms with Crippen LogP contribution in [0.4, 0.5) is 11.4 Å². The van der Waals surface area contributed by atoms with E-state index in [4.69, 9.17) is 11.6 Å². The molecule has 0 bridgehead atoms. The normalized spacial score (nSPS) is 11.1. The lowest BCUT2D eigenvalue weighted by atomic mass is 10.0. The van der Waals surface area contributed by atoms with E-state index in [2.05, 4.69) is 21.2 Å². The molecular formula is C23H20BrClN2O4S. The number of nitrogens with zero attached hydrogens (tertiary/aromatic N) is 1. The Morgan fingerprint density at radius 2 is 1.72 bits per heavy atom. The summed E-state index contributed by atoms with van der Waals surface area (Å²) >= 11 is 9.46. The fourth-order valence-corrected chi connectivity index (χ4v) is 4.33. The first-order chi connectivity index (χ1) is 15.1. The van der Waals surface area contributed by atoms with E-state index in [1.807, 2.05) is 6.92 Å². The zero-order valence-electron chi connectivity index (χ0n) is 17.3. The number of sulfonamides is 1. The highest BCUT2D eigenvalue weighted by Crippen LogP contribution is 2.26. The van der Waals surface area contributed by atoms with Gasteiger partial charge in [-0.1, -0.05) is 57.9 Å². The second kappa shape index (κ2) is 9.85. The van der Waals surface area contributed by atoms with Crippen molar-refractivity contribution in [1.29, 1.82) is 0 Å². The summed E-state index contributed by atoms with van der Waals surface area (Å²) in [5.41, 5.74) is 2.08. The van der Waals surface area contributed by atoms with Gasteiger partial charge in [0.2, 0.25) is 15.9 Å². The van der Waals surface area contributed by atoms with Crippen molar-refractivity contribution < 1.29 is 18.0 Å². The van der Waals surface area contributed by atoms with Crippen LogP contribution in [-0.4, -0.2) is 32.9 Å². The van der Waals surface area contributed by atoms with Gasteiger partial charge in [-0.15, -0.1) is 0 Å². The molecule has 3 aromatic rings. The van der Waals surface area contributed by atoms with Gasteiger partial charge in [0.1, 0.15) is 6.54 Å². The number of aryl methyl sites for hydroxylation is 1. The summed E-state index contributed by atoms with van der Waals surface area (Å²) in [5.74, 6) is -0.910. The monoisotopic (exact) mass is 534 g/mol. The van der Waals surface area contributed by atoms with Gasteiger partial charge in [0.05, 0.1) is 17.6 Å². The molecule has 0 aliphatic rings. The number of amides is 1. The zero-order chi connectivity index (χ0) is 23.5. The number of nitrogens with one attached hydrogen (secondary N) is 1. The van der Waals surface area contributed by atoms with Crippen LogP contribution in [0.15, 0.2) is 71.2 Å². The molecule has 0 radical (unpaired) electrons. The molecule has 9 heteroatoms. The first-order valence-corrected chi connectivity index (χ1v) is 12.5. The Balaban J connectivity index is 1.89. The van der Waals surface area contributed by atoms with E-state index >= 15 is 0 Å². The standard InChI is InChI=1S/C23H20BrClN2O4S/c1-15-12-18(9-10-20(15)24)27(32(2,30)31)14-22(28)26-21-11-8-17(25)13-19(21)23(29)16-6-4-3-5-7-16/h3-13H,14H2,1-2H3,(H,26,28). The van der Waals surface area contributed by atoms with Gasteiger partial charge < -0.3 is 5.32 Å². The van der Waals surface area contributed by atoms with E-state index in [-0.39, 0.29) is 17.0 Å². The Labute approximate surface area is 200 Å². The summed E-state index contributed by atoms with van der Waals surface area (Å²) in [7, 11) is -3.74. The SMILES string of the molecule is Cc1cc(N(CC(=O)Nc2ccc(Cl)cc2C(=O)c2ccccc2)S(C)(=O)=O)ccc1Br. The zero-order valence-corrected chi connectivity index (χ0v) is 20.5. The Bertz CT molecular complexity index is 1280. The van der Waals surface area contributed by atoms with E-state index in [0.717, 1.165) is 20.6 Å². The fraction of sp³-hybridized carbons (Fsp3) is 0.130. The first kappa shape index (κ1) is 24.0. The molecule has 1 N–H and O–H groups in total. The van der Waals surface area contributed by atoms with E-state index in [1.165, 1.54) is 12.1 Å². The quantitative estimate of drug-likeness (QED) is 0.429. The van der Waals surface area contributed by atoms with Crippen molar-refractivity contribution in [1.82, 2.24) is 0 Å². The molecule has 6 nitrogen and oxygen atoms in total. The van der Waals surface area contributed by atoms with Crippen molar-refractivity contribution in [2.45, 2.75) is 6.92 Å². The molecule has 0 atom stereocenters. The van der Waals surface area contributed by atoms with Gasteiger partial charge in [-0.3, -0.25) is 13.9 Å². The molecular weight excluding hydrogens is 516 g/mol. The van der Waals surface area contributed by atoms with Gasteiger partial charge in [0, 0.05) is 20.6 Å². The number of ketones is 1. The molecule has 166 valence electrons. The van der Waals surface area contributed by atoms with Crippen LogP contribution >= 0.6 is 27.5 Å². The van der Waals surface area contributed by atoms with Crippen LogP contribution in [0.3, 0.4) is 0 Å². The number of benzene rings is 3. The minimum atomic E-state index is -3.74. The van der Waals surface area contributed by atoms with Crippen LogP contribution in [0.1, 0.15) is 21.5 Å². The first-order valence-electron chi connectivity index (χ1n) is 9.49. The molecule has 0 unspecified atom stereocenters. The van der Waals surface area contributed by atoms with Crippen LogP contribution in [0.25, 0.3) is 0 Å². The Morgan fingerprint density at radius 3 is 2.34 bits per heavy atom. The molecule has 3 rings (SSSR count). The van der Waals surface area contributed by atoms with Gasteiger partial charge in [0.15, 0.2) is 5.78 Å². The average molecular weight is 536 g/mol. The molecule has 0 saturated heterocycles. The van der Waals surface area contributed by atoms with Gasteiger partial charge in [-0.25, -0.2) is 8.42 Å². The second-order valence-corrected chi connectivity index (χ2v) is 10.3. The van der Waals surface area contributed by atoms with Crippen molar-refractivity contribution in [3.05, 3.63) is 92.9 Å². The highest BCUT2D eigenvalue weighted by Gasteiger charge is 2.23. The van der Waals surface area contributed by atoms with Crippen LogP contribution in [0.2, 0.25) is 5.02 Å². The molecule has 0 aliphatic heterocycles. The summed E-state index contributed by atoms with van der Waals surface area (Å²) in [5, 5.41) is 2.99. The summed E-state index contributed by atoms with van der Waals surface area (Å²) in [6.07, 6.45) is 1.03. The maximum Gasteiger partial charge on any atom is 0.245 e. The summed E-state index contributed by atoms with van der Waals surface area (Å²) in [4.78, 5) is 25.8. The third kappa shape index (κ3) is 5.76. The van der Waals surface area contributed by atoms with Crippen LogP contribution < -0.4 is 9.62 Å². The minimum absolute atomic E-state index is 0.211. The van der Waals surface area contributed by atoms with E-state index in [1.54, 1.807) is 54.6 Å². The van der Waals surface area contributed by atoms with E-state index in [0.29, 0.717) is 16.3 Å². The van der Waals surface area contributed by atoms with Crippen LogP contribution in [-0.2, 0) is 14.8 Å². The van der Waals surface area contributed by atoms with Crippen molar-refractivity contribution in [3.8, 4) is 0 Å². The summed E-state index contributed by atoms with van der Waals surface area (Å²) in [6.45, 7) is 1.37. The fourth-order valence-electron chi connectivity index (χ4n) is 3.06. The minimum Gasteiger partial charge on any atom is -0.324 e. The largest absolute Gasteiger partial charge is 0.324 e. The van der Waals surface area contributed by atoms with Crippen LogP contribution in [0.5, 0.6) is 0 Å². The van der Waals surface area contributed by atoms with Gasteiger partial charge >= 0.3 is 0 Å². The average Bonchev–Trinajstić information content (AvgIpc) is 2.74. The summed E-state index contributed by atoms with van der Waals surface area (Å²) < 4.78 is 26.6. The van der Waals surface area contributed by atoms with Crippen LogP contribution in [0, 0.1) is 6.92 Å². The Kier molecular flexibility index (Phi) is 7.38. The maximum atomic E-state index is 13.0. The number of hydrogen-bond donors (Lipinski definition) is 1. The number of rotatable bonds is 7. The highest BCUT2D eigenvalue weighted by atomic mass is 79.9. The molecule has 1 amide bonds. The predicted octanol–water partition coefficient (Wildman–Crippen LogP) is 5.05. The van der Waals surface area contributed by atoms with Crippen molar-refractivity contribution in [2.75, 3.05) is 22.4 Å². The predicted molar refractivity (Wildman–Crippen MR) is 131 cm³/mol. The lowest BCUT2D eigenvalue weighted by molar-refractivity contribution is -0.114. The van der Waals surface area contributed by atoms with E-state index in [9.17, 15) is 18.0 Å². The number of carbonyl (C=O) groups is 2. The number of carbonyl (C=O) groups excluding carboxylic acids is 2. The Hall–Kier alpha value is -2.68. The Morgan fingerprint density at radius 1 is 1.03 bits per heavy atom. The van der Waals surface area contributed by atoms with Gasteiger partial charge in [-0.05, 0) is 48.9 Å². The molecule has 0 aromatic heterocycles. The van der Waals surface area contributed by atoms with Gasteiger partial charge in [-0.2, -0.15) is 0 Å². The molecule has 32 heavy (non-hydrogen) atoms. The third-order valence-corrected chi connectivity index (χ3v) is 6.92. The molecule has 0 fully saturated rings. The lowest BCUT2D eigenvalue weighted by Gasteiger charge is -2.23. The lowest BCUT2D eigenvalue weighted by Crippen LogP contribution is -2.37. The molecule has 0 heterocycles.